The highest BCUT2D eigenvalue weighted by molar-refractivity contribution is 5.69. The third-order valence-corrected chi connectivity index (χ3v) is 2.67. The number of hydrogen-bond donors (Lipinski definition) is 3. The van der Waals surface area contributed by atoms with Gasteiger partial charge in [0.1, 0.15) is 0 Å². The van der Waals surface area contributed by atoms with Crippen LogP contribution in [0.15, 0.2) is 0 Å². The number of carboxylic acid groups (broad SMARTS) is 2. The molecule has 0 radical (unpaired) electrons. The molecule has 0 aromatic heterocycles. The Morgan fingerprint density at radius 3 is 2.69 bits per heavy atom. The molecule has 0 saturated carbocycles. The summed E-state index contributed by atoms with van der Waals surface area (Å²) in [7, 11) is 0. The van der Waals surface area contributed by atoms with Gasteiger partial charge in [-0.15, -0.1) is 0 Å². The van der Waals surface area contributed by atoms with Crippen molar-refractivity contribution in [3.05, 3.63) is 0 Å². The molecule has 16 heavy (non-hydrogen) atoms. The summed E-state index contributed by atoms with van der Waals surface area (Å²) in [4.78, 5) is 22.7. The quantitative estimate of drug-likeness (QED) is 0.567. The van der Waals surface area contributed by atoms with E-state index in [2.05, 4.69) is 5.32 Å². The van der Waals surface area contributed by atoms with Crippen LogP contribution in [0.3, 0.4) is 0 Å². The van der Waals surface area contributed by atoms with Gasteiger partial charge >= 0.3 is 11.9 Å². The average Bonchev–Trinajstić information content (AvgIpc) is 2.16. The number of nitrogens with zero attached hydrogens (tertiary/aromatic N) is 1. The fourth-order valence-electron chi connectivity index (χ4n) is 2.04. The van der Waals surface area contributed by atoms with Gasteiger partial charge in [0.25, 0.3) is 0 Å². The summed E-state index contributed by atoms with van der Waals surface area (Å²) in [5.41, 5.74) is 0. The zero-order valence-corrected chi connectivity index (χ0v) is 9.19. The predicted molar refractivity (Wildman–Crippen MR) is 57.3 cm³/mol. The Morgan fingerprint density at radius 1 is 1.31 bits per heavy atom. The largest absolute Gasteiger partial charge is 0.480 e. The van der Waals surface area contributed by atoms with Gasteiger partial charge in [-0.1, -0.05) is 0 Å². The molecule has 3 N–H and O–H groups in total. The van der Waals surface area contributed by atoms with Crippen molar-refractivity contribution in [3.8, 4) is 0 Å². The van der Waals surface area contributed by atoms with Crippen LogP contribution in [0.4, 0.5) is 0 Å². The van der Waals surface area contributed by atoms with E-state index < -0.39 is 11.9 Å². The van der Waals surface area contributed by atoms with Gasteiger partial charge < -0.3 is 15.5 Å². The van der Waals surface area contributed by atoms with E-state index in [1.807, 2.05) is 4.90 Å². The summed E-state index contributed by atoms with van der Waals surface area (Å²) in [6.07, 6.45) is 2.01. The van der Waals surface area contributed by atoms with Crippen molar-refractivity contribution in [3.63, 3.8) is 0 Å². The summed E-state index contributed by atoms with van der Waals surface area (Å²) in [5.74, 6) is -1.32. The Bertz CT molecular complexity index is 257. The number of aliphatic carboxylic acids is 2. The molecule has 1 fully saturated rings. The van der Waals surface area contributed by atoms with Crippen LogP contribution in [0.25, 0.3) is 0 Å². The molecule has 0 bridgehead atoms. The predicted octanol–water partition coefficient (Wildman–Crippen LogP) is -0.543. The lowest BCUT2D eigenvalue weighted by atomic mass is 9.98. The van der Waals surface area contributed by atoms with Crippen molar-refractivity contribution in [2.45, 2.75) is 12.8 Å². The summed E-state index contributed by atoms with van der Waals surface area (Å²) in [5, 5.41) is 20.0. The number of carbonyl (C=O) groups is 2. The summed E-state index contributed by atoms with van der Waals surface area (Å²) in [6, 6.07) is 0. The maximum Gasteiger partial charge on any atom is 0.317 e. The van der Waals surface area contributed by atoms with E-state index in [1.165, 1.54) is 0 Å². The maximum atomic E-state index is 10.5. The molecule has 0 aromatic carbocycles. The molecule has 0 amide bonds. The van der Waals surface area contributed by atoms with Gasteiger partial charge in [0.15, 0.2) is 0 Å². The maximum absolute atomic E-state index is 10.5. The molecule has 0 spiro atoms. The molecular formula is C10H18N2O4. The van der Waals surface area contributed by atoms with E-state index in [9.17, 15) is 9.59 Å². The van der Waals surface area contributed by atoms with Gasteiger partial charge in [0, 0.05) is 6.54 Å². The minimum atomic E-state index is -0.863. The van der Waals surface area contributed by atoms with E-state index in [4.69, 9.17) is 10.2 Å². The molecule has 1 heterocycles. The summed E-state index contributed by atoms with van der Waals surface area (Å²) in [6.45, 7) is 2.24. The molecule has 92 valence electrons. The molecule has 0 aromatic rings. The van der Waals surface area contributed by atoms with Crippen molar-refractivity contribution >= 4 is 11.9 Å². The average molecular weight is 230 g/mol. The molecular weight excluding hydrogens is 212 g/mol. The molecule has 6 heteroatoms. The van der Waals surface area contributed by atoms with Crippen LogP contribution in [0, 0.1) is 5.92 Å². The number of likely N-dealkylation sites (tertiary alicyclic amines) is 1. The Kier molecular flexibility index (Phi) is 5.21. The summed E-state index contributed by atoms with van der Waals surface area (Å²) < 4.78 is 0. The standard InChI is InChI=1S/C10H18N2O4/c13-9(14)5-11-4-8-2-1-3-12(6-8)7-10(15)16/h8,11H,1-7H2,(H,13,14)(H,15,16). The number of rotatable bonds is 6. The van der Waals surface area contributed by atoms with Crippen LogP contribution >= 0.6 is 0 Å². The molecule has 1 saturated heterocycles. The van der Waals surface area contributed by atoms with Crippen molar-refractivity contribution in [1.82, 2.24) is 10.2 Å². The summed E-state index contributed by atoms with van der Waals surface area (Å²) >= 11 is 0. The lowest BCUT2D eigenvalue weighted by Crippen LogP contribution is -2.42. The minimum Gasteiger partial charge on any atom is -0.480 e. The Hall–Kier alpha value is -1.14. The number of hydrogen-bond acceptors (Lipinski definition) is 4. The fourth-order valence-corrected chi connectivity index (χ4v) is 2.04. The minimum absolute atomic E-state index is 0.0323. The van der Waals surface area contributed by atoms with Crippen LogP contribution in [-0.2, 0) is 9.59 Å². The third kappa shape index (κ3) is 5.09. The smallest absolute Gasteiger partial charge is 0.317 e. The molecule has 1 aliphatic rings. The first-order valence-corrected chi connectivity index (χ1v) is 5.44. The van der Waals surface area contributed by atoms with Crippen molar-refractivity contribution < 1.29 is 19.8 Å². The molecule has 6 nitrogen and oxygen atoms in total. The molecule has 1 atom stereocenters. The molecule has 1 aliphatic heterocycles. The van der Waals surface area contributed by atoms with Crippen molar-refractivity contribution in [2.24, 2.45) is 5.92 Å². The van der Waals surface area contributed by atoms with E-state index >= 15 is 0 Å². The second kappa shape index (κ2) is 6.44. The van der Waals surface area contributed by atoms with Crippen LogP contribution in [-0.4, -0.2) is 59.8 Å². The van der Waals surface area contributed by atoms with Gasteiger partial charge in [0.05, 0.1) is 13.1 Å². The number of nitrogens with one attached hydrogen (secondary N) is 1. The zero-order chi connectivity index (χ0) is 12.0. The Balaban J connectivity index is 2.22. The van der Waals surface area contributed by atoms with E-state index in [1.54, 1.807) is 0 Å². The van der Waals surface area contributed by atoms with E-state index in [0.717, 1.165) is 25.9 Å². The lowest BCUT2D eigenvalue weighted by molar-refractivity contribution is -0.138. The van der Waals surface area contributed by atoms with Gasteiger partial charge in [-0.3, -0.25) is 14.5 Å². The van der Waals surface area contributed by atoms with Crippen molar-refractivity contribution in [1.29, 1.82) is 0 Å². The first-order chi connectivity index (χ1) is 7.58. The van der Waals surface area contributed by atoms with Crippen LogP contribution in [0.1, 0.15) is 12.8 Å². The lowest BCUT2D eigenvalue weighted by Gasteiger charge is -2.31. The van der Waals surface area contributed by atoms with Gasteiger partial charge in [-0.2, -0.15) is 0 Å². The third-order valence-electron chi connectivity index (χ3n) is 2.67. The van der Waals surface area contributed by atoms with Gasteiger partial charge in [-0.25, -0.2) is 0 Å². The highest BCUT2D eigenvalue weighted by Crippen LogP contribution is 2.15. The highest BCUT2D eigenvalue weighted by Gasteiger charge is 2.21. The van der Waals surface area contributed by atoms with E-state index in [0.29, 0.717) is 12.5 Å². The van der Waals surface area contributed by atoms with Gasteiger partial charge in [0.2, 0.25) is 0 Å². The Morgan fingerprint density at radius 2 is 2.06 bits per heavy atom. The topological polar surface area (TPSA) is 89.9 Å². The van der Waals surface area contributed by atoms with Crippen molar-refractivity contribution in [2.75, 3.05) is 32.7 Å². The first kappa shape index (κ1) is 12.9. The Labute approximate surface area is 94.2 Å². The molecule has 1 rings (SSSR count). The molecule has 1 unspecified atom stereocenters. The first-order valence-electron chi connectivity index (χ1n) is 5.44. The van der Waals surface area contributed by atoms with Gasteiger partial charge in [-0.05, 0) is 31.8 Å². The fraction of sp³-hybridized carbons (Fsp3) is 0.800. The van der Waals surface area contributed by atoms with Crippen LogP contribution < -0.4 is 5.32 Å². The highest BCUT2D eigenvalue weighted by atomic mass is 16.4. The molecule has 0 aliphatic carbocycles. The van der Waals surface area contributed by atoms with E-state index in [-0.39, 0.29) is 13.1 Å². The second-order valence-corrected chi connectivity index (χ2v) is 4.16. The second-order valence-electron chi connectivity index (χ2n) is 4.16. The number of piperidine rings is 1. The zero-order valence-electron chi connectivity index (χ0n) is 9.19. The van der Waals surface area contributed by atoms with Crippen LogP contribution in [0.5, 0.6) is 0 Å². The monoisotopic (exact) mass is 230 g/mol. The normalized spacial score (nSPS) is 21.9. The van der Waals surface area contributed by atoms with Crippen LogP contribution in [0.2, 0.25) is 0 Å². The number of carboxylic acids is 2. The SMILES string of the molecule is O=C(O)CNCC1CCCN(CC(=O)O)C1.